The average molecular weight is 168 g/mol. The average Bonchev–Trinajstić information content (AvgIpc) is 2.35. The molecule has 0 aliphatic carbocycles. The summed E-state index contributed by atoms with van der Waals surface area (Å²) in [6, 6.07) is 3.75. The molecule has 0 aliphatic heterocycles. The summed E-state index contributed by atoms with van der Waals surface area (Å²) in [5.74, 6) is -0.830. The van der Waals surface area contributed by atoms with E-state index in [0.717, 1.165) is 4.88 Å². The van der Waals surface area contributed by atoms with Crippen molar-refractivity contribution in [3.63, 3.8) is 0 Å². The van der Waals surface area contributed by atoms with Crippen molar-refractivity contribution >= 4 is 22.9 Å². The predicted octanol–water partition coefficient (Wildman–Crippen LogP) is 2.24. The standard InChI is InChI=1S/C8H8O2S/c1-6(5-8(9)10)7-3-2-4-11-7/h2-4H,1,5H2,(H,9,10). The van der Waals surface area contributed by atoms with E-state index in [4.69, 9.17) is 5.11 Å². The third-order valence-electron chi connectivity index (χ3n) is 1.23. The summed E-state index contributed by atoms with van der Waals surface area (Å²) in [7, 11) is 0. The van der Waals surface area contributed by atoms with Gasteiger partial charge in [0.2, 0.25) is 0 Å². The Bertz CT molecular complexity index is 262. The lowest BCUT2D eigenvalue weighted by atomic mass is 10.2. The molecule has 2 nitrogen and oxygen atoms in total. The zero-order valence-electron chi connectivity index (χ0n) is 5.91. The second-order valence-electron chi connectivity index (χ2n) is 2.15. The van der Waals surface area contributed by atoms with Gasteiger partial charge in [0.15, 0.2) is 0 Å². The minimum Gasteiger partial charge on any atom is -0.481 e. The molecule has 0 bridgehead atoms. The van der Waals surface area contributed by atoms with Crippen molar-refractivity contribution in [2.24, 2.45) is 0 Å². The van der Waals surface area contributed by atoms with E-state index in [-0.39, 0.29) is 6.42 Å². The Morgan fingerprint density at radius 2 is 2.45 bits per heavy atom. The second-order valence-corrected chi connectivity index (χ2v) is 3.10. The van der Waals surface area contributed by atoms with Crippen LogP contribution >= 0.6 is 11.3 Å². The van der Waals surface area contributed by atoms with E-state index >= 15 is 0 Å². The summed E-state index contributed by atoms with van der Waals surface area (Å²) in [6.45, 7) is 3.67. The molecule has 0 fully saturated rings. The summed E-state index contributed by atoms with van der Waals surface area (Å²) >= 11 is 1.51. The highest BCUT2D eigenvalue weighted by Crippen LogP contribution is 2.20. The molecule has 0 amide bonds. The Kier molecular flexibility index (Phi) is 2.44. The van der Waals surface area contributed by atoms with Gasteiger partial charge in [-0.2, -0.15) is 0 Å². The van der Waals surface area contributed by atoms with Gasteiger partial charge in [0.1, 0.15) is 0 Å². The zero-order chi connectivity index (χ0) is 8.27. The molecular formula is C8H8O2S. The summed E-state index contributed by atoms with van der Waals surface area (Å²) in [5.41, 5.74) is 0.674. The van der Waals surface area contributed by atoms with Crippen molar-refractivity contribution < 1.29 is 9.90 Å². The van der Waals surface area contributed by atoms with Crippen LogP contribution in [0.25, 0.3) is 5.57 Å². The van der Waals surface area contributed by atoms with Crippen molar-refractivity contribution in [1.82, 2.24) is 0 Å². The third-order valence-corrected chi connectivity index (χ3v) is 2.21. The molecule has 3 heteroatoms. The van der Waals surface area contributed by atoms with Crippen LogP contribution in [-0.4, -0.2) is 11.1 Å². The first-order chi connectivity index (χ1) is 5.20. The van der Waals surface area contributed by atoms with Crippen molar-refractivity contribution in [2.75, 3.05) is 0 Å². The molecule has 58 valence electrons. The first kappa shape index (κ1) is 8.01. The van der Waals surface area contributed by atoms with Crippen molar-refractivity contribution in [1.29, 1.82) is 0 Å². The van der Waals surface area contributed by atoms with Gasteiger partial charge in [-0.25, -0.2) is 0 Å². The third kappa shape index (κ3) is 2.20. The number of carboxylic acid groups (broad SMARTS) is 1. The first-order valence-electron chi connectivity index (χ1n) is 3.13. The molecule has 1 rings (SSSR count). The quantitative estimate of drug-likeness (QED) is 0.751. The fourth-order valence-corrected chi connectivity index (χ4v) is 1.45. The molecule has 0 unspecified atom stereocenters. The Morgan fingerprint density at radius 3 is 2.91 bits per heavy atom. The molecule has 0 atom stereocenters. The van der Waals surface area contributed by atoms with Gasteiger partial charge in [0, 0.05) is 4.88 Å². The Morgan fingerprint density at radius 1 is 1.73 bits per heavy atom. The highest BCUT2D eigenvalue weighted by atomic mass is 32.1. The van der Waals surface area contributed by atoms with Crippen molar-refractivity contribution in [3.8, 4) is 0 Å². The van der Waals surface area contributed by atoms with Gasteiger partial charge in [-0.05, 0) is 17.0 Å². The van der Waals surface area contributed by atoms with Crippen LogP contribution < -0.4 is 0 Å². The molecule has 0 saturated carbocycles. The summed E-state index contributed by atoms with van der Waals surface area (Å²) in [4.78, 5) is 11.2. The molecule has 0 saturated heterocycles. The maximum Gasteiger partial charge on any atom is 0.307 e. The Hall–Kier alpha value is -1.09. The van der Waals surface area contributed by atoms with Crippen LogP contribution in [0.3, 0.4) is 0 Å². The first-order valence-corrected chi connectivity index (χ1v) is 4.01. The lowest BCUT2D eigenvalue weighted by Gasteiger charge is -1.95. The topological polar surface area (TPSA) is 37.3 Å². The van der Waals surface area contributed by atoms with E-state index in [0.29, 0.717) is 5.57 Å². The maximum atomic E-state index is 10.2. The number of thiophene rings is 1. The van der Waals surface area contributed by atoms with E-state index < -0.39 is 5.97 Å². The van der Waals surface area contributed by atoms with Gasteiger partial charge in [-0.15, -0.1) is 11.3 Å². The molecule has 0 aliphatic rings. The number of carboxylic acids is 1. The van der Waals surface area contributed by atoms with Crippen LogP contribution in [0.1, 0.15) is 11.3 Å². The van der Waals surface area contributed by atoms with Crippen molar-refractivity contribution in [2.45, 2.75) is 6.42 Å². The minimum atomic E-state index is -0.830. The predicted molar refractivity (Wildman–Crippen MR) is 45.6 cm³/mol. The van der Waals surface area contributed by atoms with Crippen LogP contribution in [0.15, 0.2) is 24.1 Å². The highest BCUT2D eigenvalue weighted by molar-refractivity contribution is 7.11. The van der Waals surface area contributed by atoms with Gasteiger partial charge in [-0.3, -0.25) is 4.79 Å². The molecule has 11 heavy (non-hydrogen) atoms. The summed E-state index contributed by atoms with van der Waals surface area (Å²) in [6.07, 6.45) is 0.0283. The van der Waals surface area contributed by atoms with E-state index in [1.54, 1.807) is 0 Å². The van der Waals surface area contributed by atoms with Crippen molar-refractivity contribution in [3.05, 3.63) is 29.0 Å². The number of hydrogen-bond donors (Lipinski definition) is 1. The van der Waals surface area contributed by atoms with Gasteiger partial charge in [0.05, 0.1) is 6.42 Å². The lowest BCUT2D eigenvalue weighted by Crippen LogP contribution is -1.94. The van der Waals surface area contributed by atoms with Gasteiger partial charge in [-0.1, -0.05) is 12.6 Å². The molecule has 0 radical (unpaired) electrons. The molecule has 1 aromatic rings. The van der Waals surface area contributed by atoms with Gasteiger partial charge in [0.25, 0.3) is 0 Å². The lowest BCUT2D eigenvalue weighted by molar-refractivity contribution is -0.135. The van der Waals surface area contributed by atoms with Crippen LogP contribution in [0.4, 0.5) is 0 Å². The number of aliphatic carboxylic acids is 1. The second kappa shape index (κ2) is 3.34. The van der Waals surface area contributed by atoms with Crippen LogP contribution in [0.5, 0.6) is 0 Å². The largest absolute Gasteiger partial charge is 0.481 e. The molecule has 1 N–H and O–H groups in total. The van der Waals surface area contributed by atoms with Gasteiger partial charge >= 0.3 is 5.97 Å². The van der Waals surface area contributed by atoms with Crippen LogP contribution in [-0.2, 0) is 4.79 Å². The number of carbonyl (C=O) groups is 1. The normalized spacial score (nSPS) is 9.45. The SMILES string of the molecule is C=C(CC(=O)O)c1cccs1. The van der Waals surface area contributed by atoms with Crippen LogP contribution in [0, 0.1) is 0 Å². The van der Waals surface area contributed by atoms with E-state index in [1.807, 2.05) is 17.5 Å². The van der Waals surface area contributed by atoms with E-state index in [2.05, 4.69) is 6.58 Å². The maximum absolute atomic E-state index is 10.2. The molecule has 0 spiro atoms. The fourth-order valence-electron chi connectivity index (χ4n) is 0.749. The fraction of sp³-hybridized carbons (Fsp3) is 0.125. The van der Waals surface area contributed by atoms with E-state index in [1.165, 1.54) is 11.3 Å². The zero-order valence-corrected chi connectivity index (χ0v) is 6.73. The highest BCUT2D eigenvalue weighted by Gasteiger charge is 2.03. The van der Waals surface area contributed by atoms with Gasteiger partial charge < -0.3 is 5.11 Å². The summed E-state index contributed by atoms with van der Waals surface area (Å²) < 4.78 is 0. The Balaban J connectivity index is 2.64. The monoisotopic (exact) mass is 168 g/mol. The van der Waals surface area contributed by atoms with Crippen LogP contribution in [0.2, 0.25) is 0 Å². The number of hydrogen-bond acceptors (Lipinski definition) is 2. The molecule has 0 aromatic carbocycles. The molecule has 1 heterocycles. The molecular weight excluding hydrogens is 160 g/mol. The smallest absolute Gasteiger partial charge is 0.307 e. The minimum absolute atomic E-state index is 0.0283. The summed E-state index contributed by atoms with van der Waals surface area (Å²) in [5, 5.41) is 10.3. The Labute approximate surface area is 68.8 Å². The van der Waals surface area contributed by atoms with E-state index in [9.17, 15) is 4.79 Å². The molecule has 1 aromatic heterocycles. The number of rotatable bonds is 3.